The van der Waals surface area contributed by atoms with Crippen LogP contribution in [0.25, 0.3) is 0 Å². The van der Waals surface area contributed by atoms with Crippen molar-refractivity contribution in [2.24, 2.45) is 0 Å². The molecule has 0 radical (unpaired) electrons. The SMILES string of the molecule is CCCCCSCC(=O)c1ccc(C)s1. The lowest BCUT2D eigenvalue weighted by Crippen LogP contribution is -2.00. The van der Waals surface area contributed by atoms with Gasteiger partial charge in [-0.1, -0.05) is 19.8 Å². The predicted molar refractivity (Wildman–Crippen MR) is 70.2 cm³/mol. The molecule has 0 unspecified atom stereocenters. The molecule has 15 heavy (non-hydrogen) atoms. The van der Waals surface area contributed by atoms with Crippen molar-refractivity contribution >= 4 is 28.9 Å². The fourth-order valence-corrected chi connectivity index (χ4v) is 3.06. The van der Waals surface area contributed by atoms with Gasteiger partial charge < -0.3 is 0 Å². The number of hydrogen-bond donors (Lipinski definition) is 0. The Morgan fingerprint density at radius 3 is 2.80 bits per heavy atom. The first-order valence-corrected chi connectivity index (χ1v) is 7.38. The van der Waals surface area contributed by atoms with Crippen LogP contribution in [0.15, 0.2) is 12.1 Å². The van der Waals surface area contributed by atoms with Gasteiger partial charge in [-0.25, -0.2) is 0 Å². The fraction of sp³-hybridized carbons (Fsp3) is 0.583. The van der Waals surface area contributed by atoms with Gasteiger partial charge in [-0.15, -0.1) is 11.3 Å². The minimum Gasteiger partial charge on any atom is -0.292 e. The molecule has 0 N–H and O–H groups in total. The number of carbonyl (C=O) groups is 1. The summed E-state index contributed by atoms with van der Waals surface area (Å²) in [5.74, 6) is 2.04. The van der Waals surface area contributed by atoms with Crippen LogP contribution in [0.5, 0.6) is 0 Å². The van der Waals surface area contributed by atoms with Crippen LogP contribution in [0, 0.1) is 6.92 Å². The van der Waals surface area contributed by atoms with Crippen LogP contribution in [0.4, 0.5) is 0 Å². The van der Waals surface area contributed by atoms with E-state index in [1.54, 1.807) is 23.1 Å². The van der Waals surface area contributed by atoms with Crippen molar-refractivity contribution < 1.29 is 4.79 Å². The summed E-state index contributed by atoms with van der Waals surface area (Å²) < 4.78 is 0. The second-order valence-corrected chi connectivity index (χ2v) is 5.99. The summed E-state index contributed by atoms with van der Waals surface area (Å²) in [5, 5.41) is 0. The quantitative estimate of drug-likeness (QED) is 0.527. The molecule has 1 rings (SSSR count). The van der Waals surface area contributed by atoms with Crippen molar-refractivity contribution in [1.82, 2.24) is 0 Å². The standard InChI is InChI=1S/C12H18OS2/c1-3-4-5-8-14-9-11(13)12-7-6-10(2)15-12/h6-7H,3-5,8-9H2,1-2H3. The predicted octanol–water partition coefficient (Wildman–Crippen LogP) is 4.16. The molecule has 0 bridgehead atoms. The summed E-state index contributed by atoms with van der Waals surface area (Å²) in [7, 11) is 0. The highest BCUT2D eigenvalue weighted by atomic mass is 32.2. The Kier molecular flexibility index (Phi) is 6.03. The van der Waals surface area contributed by atoms with Crippen molar-refractivity contribution in [1.29, 1.82) is 0 Å². The molecule has 0 saturated heterocycles. The van der Waals surface area contributed by atoms with Gasteiger partial charge in [0.1, 0.15) is 0 Å². The fourth-order valence-electron chi connectivity index (χ4n) is 1.27. The Labute approximate surface area is 100 Å². The Hall–Kier alpha value is -0.280. The van der Waals surface area contributed by atoms with E-state index in [0.717, 1.165) is 10.6 Å². The molecule has 84 valence electrons. The van der Waals surface area contributed by atoms with E-state index in [1.165, 1.54) is 24.1 Å². The molecular weight excluding hydrogens is 224 g/mol. The minimum absolute atomic E-state index is 0.287. The van der Waals surface area contributed by atoms with E-state index in [9.17, 15) is 4.79 Å². The first-order chi connectivity index (χ1) is 7.24. The summed E-state index contributed by atoms with van der Waals surface area (Å²) in [6.07, 6.45) is 3.76. The first-order valence-electron chi connectivity index (χ1n) is 5.41. The largest absolute Gasteiger partial charge is 0.292 e. The van der Waals surface area contributed by atoms with E-state index in [-0.39, 0.29) is 5.78 Å². The highest BCUT2D eigenvalue weighted by Crippen LogP contribution is 2.18. The van der Waals surface area contributed by atoms with Gasteiger partial charge in [0.2, 0.25) is 0 Å². The highest BCUT2D eigenvalue weighted by Gasteiger charge is 2.07. The van der Waals surface area contributed by atoms with Crippen molar-refractivity contribution in [3.05, 3.63) is 21.9 Å². The third kappa shape index (κ3) is 4.85. The molecule has 1 aromatic heterocycles. The maximum atomic E-state index is 11.7. The minimum atomic E-state index is 0.287. The van der Waals surface area contributed by atoms with Crippen molar-refractivity contribution in [3.63, 3.8) is 0 Å². The average molecular weight is 242 g/mol. The van der Waals surface area contributed by atoms with Gasteiger partial charge in [0.25, 0.3) is 0 Å². The van der Waals surface area contributed by atoms with E-state index in [2.05, 4.69) is 6.92 Å². The Morgan fingerprint density at radius 1 is 1.40 bits per heavy atom. The number of hydrogen-bond acceptors (Lipinski definition) is 3. The average Bonchev–Trinajstić information content (AvgIpc) is 2.64. The lowest BCUT2D eigenvalue weighted by atomic mass is 10.3. The number of carbonyl (C=O) groups excluding carboxylic acids is 1. The zero-order valence-electron chi connectivity index (χ0n) is 9.41. The van der Waals surface area contributed by atoms with Crippen molar-refractivity contribution in [3.8, 4) is 0 Å². The zero-order valence-corrected chi connectivity index (χ0v) is 11.0. The second-order valence-electron chi connectivity index (χ2n) is 3.59. The van der Waals surface area contributed by atoms with E-state index >= 15 is 0 Å². The van der Waals surface area contributed by atoms with Gasteiger partial charge in [0.05, 0.1) is 10.6 Å². The van der Waals surface area contributed by atoms with Crippen molar-refractivity contribution in [2.45, 2.75) is 33.1 Å². The number of unbranched alkanes of at least 4 members (excludes halogenated alkanes) is 2. The molecule has 0 aliphatic rings. The third-order valence-electron chi connectivity index (χ3n) is 2.14. The van der Waals surface area contributed by atoms with Crippen LogP contribution in [-0.4, -0.2) is 17.3 Å². The lowest BCUT2D eigenvalue weighted by Gasteiger charge is -1.98. The molecule has 0 amide bonds. The van der Waals surface area contributed by atoms with Gasteiger partial charge in [0.15, 0.2) is 5.78 Å². The molecule has 0 aliphatic carbocycles. The van der Waals surface area contributed by atoms with Crippen LogP contribution in [0.2, 0.25) is 0 Å². The molecular formula is C12H18OS2. The van der Waals surface area contributed by atoms with Crippen LogP contribution < -0.4 is 0 Å². The van der Waals surface area contributed by atoms with Gasteiger partial charge in [0, 0.05) is 4.88 Å². The molecule has 0 spiro atoms. The van der Waals surface area contributed by atoms with Crippen molar-refractivity contribution in [2.75, 3.05) is 11.5 Å². The van der Waals surface area contributed by atoms with E-state index in [0.29, 0.717) is 5.75 Å². The van der Waals surface area contributed by atoms with Gasteiger partial charge >= 0.3 is 0 Å². The summed E-state index contributed by atoms with van der Waals surface area (Å²) in [6, 6.07) is 3.95. The van der Waals surface area contributed by atoms with E-state index in [4.69, 9.17) is 0 Å². The van der Waals surface area contributed by atoms with Crippen LogP contribution in [-0.2, 0) is 0 Å². The van der Waals surface area contributed by atoms with E-state index < -0.39 is 0 Å². The molecule has 0 aliphatic heterocycles. The maximum Gasteiger partial charge on any atom is 0.182 e. The topological polar surface area (TPSA) is 17.1 Å². The number of rotatable bonds is 7. The Balaban J connectivity index is 2.19. The lowest BCUT2D eigenvalue weighted by molar-refractivity contribution is 0.102. The third-order valence-corrected chi connectivity index (χ3v) is 4.23. The number of ketones is 1. The van der Waals surface area contributed by atoms with Gasteiger partial charge in [-0.3, -0.25) is 4.79 Å². The molecule has 1 aromatic rings. The molecule has 0 saturated carbocycles. The highest BCUT2D eigenvalue weighted by molar-refractivity contribution is 7.99. The van der Waals surface area contributed by atoms with Gasteiger partial charge in [-0.05, 0) is 31.2 Å². The molecule has 0 fully saturated rings. The summed E-state index contributed by atoms with van der Waals surface area (Å²) in [5.41, 5.74) is 0. The zero-order chi connectivity index (χ0) is 11.1. The van der Waals surface area contributed by atoms with Crippen LogP contribution in [0.3, 0.4) is 0 Å². The molecule has 0 aromatic carbocycles. The van der Waals surface area contributed by atoms with E-state index in [1.807, 2.05) is 19.1 Å². The molecule has 1 heterocycles. The number of thioether (sulfide) groups is 1. The normalized spacial score (nSPS) is 10.5. The second kappa shape index (κ2) is 7.07. The van der Waals surface area contributed by atoms with Crippen LogP contribution >= 0.6 is 23.1 Å². The molecule has 0 atom stereocenters. The maximum absolute atomic E-state index is 11.7. The number of thiophene rings is 1. The number of Topliss-reactive ketones (excluding diaryl/α,β-unsaturated/α-hetero) is 1. The monoisotopic (exact) mass is 242 g/mol. The summed E-state index contributed by atoms with van der Waals surface area (Å²) >= 11 is 3.36. The summed E-state index contributed by atoms with van der Waals surface area (Å²) in [4.78, 5) is 13.8. The Bertz CT molecular complexity index is 304. The first kappa shape index (κ1) is 12.8. The molecule has 3 heteroatoms. The summed E-state index contributed by atoms with van der Waals surface area (Å²) in [6.45, 7) is 4.24. The number of aryl methyl sites for hydroxylation is 1. The smallest absolute Gasteiger partial charge is 0.182 e. The Morgan fingerprint density at radius 2 is 2.20 bits per heavy atom. The molecule has 1 nitrogen and oxygen atoms in total. The van der Waals surface area contributed by atoms with Crippen LogP contribution in [0.1, 0.15) is 40.7 Å². The van der Waals surface area contributed by atoms with Gasteiger partial charge in [-0.2, -0.15) is 11.8 Å².